The van der Waals surface area contributed by atoms with Crippen LogP contribution in [0.15, 0.2) is 55.4 Å². The Morgan fingerprint density at radius 2 is 1.75 bits per heavy atom. The summed E-state index contributed by atoms with van der Waals surface area (Å²) < 4.78 is 0. The number of hydrogen-bond acceptors (Lipinski definition) is 1. The topological polar surface area (TPSA) is 20.2 Å². The van der Waals surface area contributed by atoms with Crippen LogP contribution in [0, 0.1) is 6.92 Å². The first kappa shape index (κ1) is 15.8. The van der Waals surface area contributed by atoms with Crippen molar-refractivity contribution in [2.24, 2.45) is 0 Å². The maximum absolute atomic E-state index is 9.71. The fourth-order valence-electron chi connectivity index (χ4n) is 2.33. The first-order chi connectivity index (χ1) is 9.47. The molecule has 0 aliphatic carbocycles. The molecule has 0 fully saturated rings. The molecule has 0 aromatic heterocycles. The van der Waals surface area contributed by atoms with E-state index in [9.17, 15) is 5.11 Å². The van der Waals surface area contributed by atoms with Crippen molar-refractivity contribution in [3.63, 3.8) is 0 Å². The smallest absolute Gasteiger partial charge is 0.115 e. The van der Waals surface area contributed by atoms with E-state index in [1.165, 1.54) is 0 Å². The van der Waals surface area contributed by atoms with Crippen LogP contribution in [0.4, 0.5) is 0 Å². The molecule has 0 aliphatic heterocycles. The van der Waals surface area contributed by atoms with Crippen molar-refractivity contribution in [1.29, 1.82) is 0 Å². The van der Waals surface area contributed by atoms with Gasteiger partial charge in [-0.2, -0.15) is 0 Å². The fourth-order valence-corrected chi connectivity index (χ4v) is 2.33. The van der Waals surface area contributed by atoms with Gasteiger partial charge in [-0.1, -0.05) is 56.2 Å². The van der Waals surface area contributed by atoms with E-state index in [0.717, 1.165) is 27.8 Å². The molecule has 0 atom stereocenters. The Morgan fingerprint density at radius 3 is 2.20 bits per heavy atom. The number of benzene rings is 1. The van der Waals surface area contributed by atoms with Gasteiger partial charge < -0.3 is 5.11 Å². The minimum atomic E-state index is 0.0309. The summed E-state index contributed by atoms with van der Waals surface area (Å²) in [5.74, 6) is 0.0309. The predicted molar refractivity (Wildman–Crippen MR) is 90.5 cm³/mol. The molecule has 1 rings (SSSR count). The van der Waals surface area contributed by atoms with Gasteiger partial charge in [-0.15, -0.1) is 0 Å². The molecule has 0 unspecified atom stereocenters. The summed E-state index contributed by atoms with van der Waals surface area (Å²) in [5.41, 5.74) is 5.67. The fraction of sp³-hybridized carbons (Fsp3) is 0.158. The van der Waals surface area contributed by atoms with E-state index >= 15 is 0 Å². The maximum Gasteiger partial charge on any atom is 0.115 e. The zero-order chi connectivity index (χ0) is 15.3. The zero-order valence-electron chi connectivity index (χ0n) is 12.5. The molecule has 1 heteroatoms. The second-order valence-corrected chi connectivity index (χ2v) is 4.58. The highest BCUT2D eigenvalue weighted by Gasteiger charge is 2.14. The van der Waals surface area contributed by atoms with Gasteiger partial charge in [-0.25, -0.2) is 0 Å². The van der Waals surface area contributed by atoms with Gasteiger partial charge in [0.25, 0.3) is 0 Å². The summed E-state index contributed by atoms with van der Waals surface area (Å²) >= 11 is 0. The predicted octanol–water partition coefficient (Wildman–Crippen LogP) is 5.70. The molecule has 0 spiro atoms. The minimum Gasteiger partial charge on any atom is -0.508 e. The van der Waals surface area contributed by atoms with Crippen molar-refractivity contribution in [3.05, 3.63) is 77.6 Å². The minimum absolute atomic E-state index is 0.0309. The lowest BCUT2D eigenvalue weighted by Crippen LogP contribution is -1.99. The molecule has 0 saturated carbocycles. The van der Waals surface area contributed by atoms with Crippen molar-refractivity contribution in [2.75, 3.05) is 0 Å². The van der Waals surface area contributed by atoms with Crippen LogP contribution in [0.25, 0.3) is 17.7 Å². The van der Waals surface area contributed by atoms with Crippen molar-refractivity contribution >= 4 is 17.7 Å². The molecular weight excluding hydrogens is 244 g/mol. The molecule has 0 aliphatic rings. The van der Waals surface area contributed by atoms with Gasteiger partial charge >= 0.3 is 0 Å². The molecule has 0 radical (unpaired) electrons. The maximum atomic E-state index is 9.71. The van der Waals surface area contributed by atoms with Gasteiger partial charge in [0.15, 0.2) is 0 Å². The molecule has 0 heterocycles. The van der Waals surface area contributed by atoms with Crippen LogP contribution in [0.1, 0.15) is 36.1 Å². The lowest BCUT2D eigenvalue weighted by Gasteiger charge is -2.17. The molecule has 0 bridgehead atoms. The number of aliphatic hydroxyl groups is 1. The van der Waals surface area contributed by atoms with Crippen LogP contribution in [-0.4, -0.2) is 5.11 Å². The van der Waals surface area contributed by atoms with E-state index in [1.807, 2.05) is 32.1 Å². The molecular formula is C19H22O. The van der Waals surface area contributed by atoms with Crippen LogP contribution in [0.5, 0.6) is 0 Å². The van der Waals surface area contributed by atoms with Gasteiger partial charge in [0.1, 0.15) is 5.76 Å². The Morgan fingerprint density at radius 1 is 1.15 bits per heavy atom. The zero-order valence-corrected chi connectivity index (χ0v) is 12.5. The van der Waals surface area contributed by atoms with E-state index in [2.05, 4.69) is 38.8 Å². The Kier molecular flexibility index (Phi) is 5.33. The third-order valence-electron chi connectivity index (χ3n) is 3.33. The summed E-state index contributed by atoms with van der Waals surface area (Å²) in [6.07, 6.45) is 7.69. The van der Waals surface area contributed by atoms with E-state index in [4.69, 9.17) is 0 Å². The highest BCUT2D eigenvalue weighted by Crippen LogP contribution is 2.33. The van der Waals surface area contributed by atoms with Crippen molar-refractivity contribution in [1.82, 2.24) is 0 Å². The second kappa shape index (κ2) is 6.76. The van der Waals surface area contributed by atoms with Crippen LogP contribution in [-0.2, 0) is 0 Å². The van der Waals surface area contributed by atoms with E-state index in [1.54, 1.807) is 6.08 Å². The van der Waals surface area contributed by atoms with Crippen LogP contribution in [0.3, 0.4) is 0 Å². The van der Waals surface area contributed by atoms with E-state index < -0.39 is 0 Å². The molecule has 0 amide bonds. The molecule has 1 N–H and O–H groups in total. The van der Waals surface area contributed by atoms with E-state index in [0.29, 0.717) is 5.57 Å². The summed E-state index contributed by atoms with van der Waals surface area (Å²) in [7, 11) is 0. The first-order valence-electron chi connectivity index (χ1n) is 6.60. The third kappa shape index (κ3) is 3.00. The number of allylic oxidation sites excluding steroid dienone is 3. The standard InChI is InChI=1S/C19H22O/c1-7-10-17-12-11-16(8-2)19(13(17)4)14(5)18(9-3)15(6)20/h7-12,20H,2,5-6H2,1,3-4H3/b10-7-,18-9+. The van der Waals surface area contributed by atoms with Crippen molar-refractivity contribution in [2.45, 2.75) is 20.8 Å². The molecule has 1 nitrogen and oxygen atoms in total. The monoisotopic (exact) mass is 266 g/mol. The lowest BCUT2D eigenvalue weighted by molar-refractivity contribution is 0.430. The van der Waals surface area contributed by atoms with Gasteiger partial charge in [-0.3, -0.25) is 0 Å². The number of aliphatic hydroxyl groups excluding tert-OH is 1. The summed E-state index contributed by atoms with van der Waals surface area (Å²) in [6, 6.07) is 4.08. The quantitative estimate of drug-likeness (QED) is 0.535. The Bertz CT molecular complexity index is 613. The van der Waals surface area contributed by atoms with Crippen LogP contribution in [0.2, 0.25) is 0 Å². The van der Waals surface area contributed by atoms with Gasteiger partial charge in [0.05, 0.1) is 0 Å². The van der Waals surface area contributed by atoms with Crippen molar-refractivity contribution < 1.29 is 5.11 Å². The van der Waals surface area contributed by atoms with Crippen LogP contribution >= 0.6 is 0 Å². The summed E-state index contributed by atoms with van der Waals surface area (Å²) in [4.78, 5) is 0. The number of rotatable bonds is 5. The molecule has 0 saturated heterocycles. The average Bonchev–Trinajstić information content (AvgIpc) is 2.41. The molecule has 1 aromatic rings. The molecule has 20 heavy (non-hydrogen) atoms. The van der Waals surface area contributed by atoms with Gasteiger partial charge in [0, 0.05) is 5.57 Å². The van der Waals surface area contributed by atoms with Gasteiger partial charge in [-0.05, 0) is 48.6 Å². The summed E-state index contributed by atoms with van der Waals surface area (Å²) in [6.45, 7) is 17.5. The van der Waals surface area contributed by atoms with Crippen molar-refractivity contribution in [3.8, 4) is 0 Å². The first-order valence-corrected chi connectivity index (χ1v) is 6.60. The molecule has 1 aromatic carbocycles. The number of hydrogen-bond donors (Lipinski definition) is 1. The second-order valence-electron chi connectivity index (χ2n) is 4.58. The molecule has 104 valence electrons. The third-order valence-corrected chi connectivity index (χ3v) is 3.33. The Balaban J connectivity index is 3.57. The normalized spacial score (nSPS) is 11.7. The van der Waals surface area contributed by atoms with Gasteiger partial charge in [0.2, 0.25) is 0 Å². The summed E-state index contributed by atoms with van der Waals surface area (Å²) in [5, 5.41) is 9.71. The Hall–Kier alpha value is -2.28. The largest absolute Gasteiger partial charge is 0.508 e. The average molecular weight is 266 g/mol. The lowest BCUT2D eigenvalue weighted by atomic mass is 9.88. The Labute approximate surface area is 122 Å². The highest BCUT2D eigenvalue weighted by molar-refractivity contribution is 5.88. The van der Waals surface area contributed by atoms with Crippen LogP contribution < -0.4 is 0 Å². The van der Waals surface area contributed by atoms with E-state index in [-0.39, 0.29) is 5.76 Å². The highest BCUT2D eigenvalue weighted by atomic mass is 16.3. The SMILES string of the molecule is C=Cc1ccc(/C=C\C)c(C)c1C(=C)/C(=C\C)C(=C)O.